The molecule has 0 amide bonds. The van der Waals surface area contributed by atoms with Gasteiger partial charge in [-0.15, -0.1) is 0 Å². The lowest BCUT2D eigenvalue weighted by atomic mass is 9.89. The third kappa shape index (κ3) is 6.10. The number of fused-ring (bicyclic) bond motifs is 1. The Labute approximate surface area is 256 Å². The first-order chi connectivity index (χ1) is 21.1. The second-order valence-electron chi connectivity index (χ2n) is 11.7. The molecule has 2 N–H and O–H groups in total. The SMILES string of the molecule is C/C=C(\C(=C/C)c1noc(=O)[nH]1)c1ccc(Cn2c(CCC)nc(CC)c(-c3ccc4c(c3)C(O)CC(C)(C)O4)c2=O)cc1. The van der Waals surface area contributed by atoms with Crippen LogP contribution < -0.4 is 16.1 Å². The molecule has 5 rings (SSSR count). The molecule has 0 spiro atoms. The first-order valence-electron chi connectivity index (χ1n) is 15.2. The maximum Gasteiger partial charge on any atom is 0.439 e. The maximum atomic E-state index is 14.3. The van der Waals surface area contributed by atoms with Gasteiger partial charge in [0.25, 0.3) is 5.56 Å². The van der Waals surface area contributed by atoms with Crippen molar-refractivity contribution in [3.05, 3.63) is 110 Å². The van der Waals surface area contributed by atoms with Gasteiger partial charge in [-0.25, -0.2) is 9.78 Å². The standard InChI is InChI=1S/C35H40N4O5/c1-7-11-30-36-27(10-4)31(23-16-17-29-26(18-23)28(40)19-35(5,6)43-29)33(41)39(30)20-21-12-14-22(15-13-21)24(8-2)25(9-3)32-37-34(42)44-38-32/h8-9,12-18,28,40H,7,10-11,19-20H2,1-6H3,(H,37,38,42)/b24-8-,25-9+. The molecule has 2 aromatic heterocycles. The number of aryl methyl sites for hydroxylation is 2. The molecule has 44 heavy (non-hydrogen) atoms. The van der Waals surface area contributed by atoms with Crippen molar-refractivity contribution in [1.82, 2.24) is 19.7 Å². The van der Waals surface area contributed by atoms with E-state index in [0.29, 0.717) is 48.5 Å². The number of hydrogen-bond acceptors (Lipinski definition) is 7. The highest BCUT2D eigenvalue weighted by Gasteiger charge is 2.33. The summed E-state index contributed by atoms with van der Waals surface area (Å²) in [6, 6.07) is 13.6. The minimum atomic E-state index is -0.679. The first-order valence-corrected chi connectivity index (χ1v) is 15.2. The van der Waals surface area contributed by atoms with E-state index in [9.17, 15) is 14.7 Å². The van der Waals surface area contributed by atoms with Crippen molar-refractivity contribution in [2.75, 3.05) is 0 Å². The summed E-state index contributed by atoms with van der Waals surface area (Å²) in [7, 11) is 0. The Morgan fingerprint density at radius 3 is 2.43 bits per heavy atom. The third-order valence-corrected chi connectivity index (χ3v) is 8.03. The van der Waals surface area contributed by atoms with E-state index in [1.54, 1.807) is 4.57 Å². The van der Waals surface area contributed by atoms with Gasteiger partial charge in [0.15, 0.2) is 5.82 Å². The van der Waals surface area contributed by atoms with Gasteiger partial charge in [0.05, 0.1) is 23.9 Å². The third-order valence-electron chi connectivity index (χ3n) is 8.03. The van der Waals surface area contributed by atoms with Crippen LogP contribution in [-0.4, -0.2) is 30.4 Å². The summed E-state index contributed by atoms with van der Waals surface area (Å²) < 4.78 is 12.6. The van der Waals surface area contributed by atoms with E-state index in [-0.39, 0.29) is 5.56 Å². The number of rotatable bonds is 9. The summed E-state index contributed by atoms with van der Waals surface area (Å²) in [4.78, 5) is 33.5. The van der Waals surface area contributed by atoms with E-state index in [1.807, 2.05) is 89.2 Å². The molecule has 230 valence electrons. The maximum absolute atomic E-state index is 14.3. The van der Waals surface area contributed by atoms with Gasteiger partial charge in [-0.3, -0.25) is 18.9 Å². The number of H-pyrrole nitrogens is 1. The van der Waals surface area contributed by atoms with Gasteiger partial charge >= 0.3 is 5.76 Å². The molecule has 0 saturated heterocycles. The van der Waals surface area contributed by atoms with Crippen LogP contribution in [0.25, 0.3) is 22.3 Å². The Morgan fingerprint density at radius 2 is 1.82 bits per heavy atom. The van der Waals surface area contributed by atoms with Crippen LogP contribution >= 0.6 is 0 Å². The predicted octanol–water partition coefficient (Wildman–Crippen LogP) is 6.25. The topological polar surface area (TPSA) is 123 Å². The van der Waals surface area contributed by atoms with Gasteiger partial charge in [0.1, 0.15) is 17.2 Å². The number of benzene rings is 2. The molecule has 0 fully saturated rings. The van der Waals surface area contributed by atoms with Gasteiger partial charge < -0.3 is 9.84 Å². The molecule has 0 saturated carbocycles. The van der Waals surface area contributed by atoms with Gasteiger partial charge in [-0.05, 0) is 74.9 Å². The molecule has 0 bridgehead atoms. The molecule has 0 radical (unpaired) electrons. The van der Waals surface area contributed by atoms with Crippen molar-refractivity contribution >= 4 is 11.1 Å². The van der Waals surface area contributed by atoms with E-state index in [4.69, 9.17) is 14.2 Å². The molecule has 9 heteroatoms. The summed E-state index contributed by atoms with van der Waals surface area (Å²) in [6.07, 6.45) is 5.77. The summed E-state index contributed by atoms with van der Waals surface area (Å²) in [6.45, 7) is 12.2. The number of aliphatic hydroxyl groups is 1. The van der Waals surface area contributed by atoms with Crippen LogP contribution in [-0.2, 0) is 19.4 Å². The first kappa shape index (κ1) is 30.9. The van der Waals surface area contributed by atoms with Crippen LogP contribution in [0.4, 0.5) is 0 Å². The van der Waals surface area contributed by atoms with Crippen LogP contribution in [0, 0.1) is 0 Å². The number of ether oxygens (including phenoxy) is 1. The van der Waals surface area contributed by atoms with Crippen LogP contribution in [0.1, 0.15) is 94.5 Å². The van der Waals surface area contributed by atoms with E-state index < -0.39 is 17.5 Å². The Hall–Kier alpha value is -4.50. The van der Waals surface area contributed by atoms with Crippen molar-refractivity contribution in [2.24, 2.45) is 0 Å². The Morgan fingerprint density at radius 1 is 1.09 bits per heavy atom. The van der Waals surface area contributed by atoms with Gasteiger partial charge in [0, 0.05) is 24.0 Å². The monoisotopic (exact) mass is 596 g/mol. The normalized spacial score (nSPS) is 16.5. The lowest BCUT2D eigenvalue weighted by molar-refractivity contribution is 0.0116. The quantitative estimate of drug-likeness (QED) is 0.219. The number of hydrogen-bond donors (Lipinski definition) is 2. The Bertz CT molecular complexity index is 1840. The molecule has 1 aliphatic heterocycles. The van der Waals surface area contributed by atoms with Crippen LogP contribution in [0.5, 0.6) is 5.75 Å². The average molecular weight is 597 g/mol. The molecule has 2 aromatic carbocycles. The Balaban J connectivity index is 1.52. The number of aliphatic hydroxyl groups excluding tert-OH is 1. The van der Waals surface area contributed by atoms with E-state index in [2.05, 4.69) is 17.1 Å². The van der Waals surface area contributed by atoms with Crippen LogP contribution in [0.15, 0.2) is 68.7 Å². The van der Waals surface area contributed by atoms with Gasteiger partial charge in [-0.1, -0.05) is 61.5 Å². The second kappa shape index (κ2) is 12.6. The molecule has 0 aliphatic carbocycles. The lowest BCUT2D eigenvalue weighted by Gasteiger charge is -2.35. The Kier molecular flexibility index (Phi) is 8.87. The smallest absolute Gasteiger partial charge is 0.439 e. The number of nitrogens with zero attached hydrogens (tertiary/aromatic N) is 3. The molecule has 1 unspecified atom stereocenters. The fourth-order valence-corrected chi connectivity index (χ4v) is 5.96. The van der Waals surface area contributed by atoms with Crippen LogP contribution in [0.2, 0.25) is 0 Å². The fraction of sp³-hybridized carbons (Fsp3) is 0.371. The highest BCUT2D eigenvalue weighted by Crippen LogP contribution is 2.41. The molecular formula is C35H40N4O5. The average Bonchev–Trinajstić information content (AvgIpc) is 3.43. The van der Waals surface area contributed by atoms with E-state index >= 15 is 0 Å². The zero-order valence-corrected chi connectivity index (χ0v) is 26.2. The fourth-order valence-electron chi connectivity index (χ4n) is 5.96. The number of aromatic nitrogens is 4. The molecule has 4 aromatic rings. The minimum absolute atomic E-state index is 0.101. The molecular weight excluding hydrogens is 556 g/mol. The van der Waals surface area contributed by atoms with Crippen molar-refractivity contribution < 1.29 is 14.4 Å². The predicted molar refractivity (Wildman–Crippen MR) is 172 cm³/mol. The zero-order valence-electron chi connectivity index (χ0n) is 26.2. The molecule has 9 nitrogen and oxygen atoms in total. The highest BCUT2D eigenvalue weighted by atomic mass is 16.5. The van der Waals surface area contributed by atoms with Crippen molar-refractivity contribution in [1.29, 1.82) is 0 Å². The van der Waals surface area contributed by atoms with Gasteiger partial charge in [-0.2, -0.15) is 0 Å². The van der Waals surface area contributed by atoms with Crippen molar-refractivity contribution in [3.8, 4) is 16.9 Å². The number of nitrogens with one attached hydrogen (secondary N) is 1. The molecule has 3 heterocycles. The number of allylic oxidation sites excluding steroid dienone is 4. The van der Waals surface area contributed by atoms with Crippen LogP contribution in [0.3, 0.4) is 0 Å². The largest absolute Gasteiger partial charge is 0.487 e. The molecule has 1 atom stereocenters. The second-order valence-corrected chi connectivity index (χ2v) is 11.7. The summed E-state index contributed by atoms with van der Waals surface area (Å²) in [5, 5.41) is 14.8. The number of aromatic amines is 1. The van der Waals surface area contributed by atoms with Crippen molar-refractivity contribution in [3.63, 3.8) is 0 Å². The summed E-state index contributed by atoms with van der Waals surface area (Å²) >= 11 is 0. The van der Waals surface area contributed by atoms with E-state index in [0.717, 1.165) is 45.8 Å². The lowest BCUT2D eigenvalue weighted by Crippen LogP contribution is -2.34. The van der Waals surface area contributed by atoms with Crippen molar-refractivity contribution in [2.45, 2.75) is 85.5 Å². The van der Waals surface area contributed by atoms with E-state index in [1.165, 1.54) is 0 Å². The highest BCUT2D eigenvalue weighted by molar-refractivity contribution is 6.03. The molecule has 1 aliphatic rings. The summed E-state index contributed by atoms with van der Waals surface area (Å²) in [5.74, 6) is 1.16. The summed E-state index contributed by atoms with van der Waals surface area (Å²) in [5.41, 5.74) is 5.70. The minimum Gasteiger partial charge on any atom is -0.487 e. The van der Waals surface area contributed by atoms with Gasteiger partial charge in [0.2, 0.25) is 0 Å². The zero-order chi connectivity index (χ0) is 31.6.